The first-order chi connectivity index (χ1) is 16.0. The van der Waals surface area contributed by atoms with Gasteiger partial charge in [-0.25, -0.2) is 4.79 Å². The third-order valence-corrected chi connectivity index (χ3v) is 4.78. The lowest BCUT2D eigenvalue weighted by Gasteiger charge is -2.23. The van der Waals surface area contributed by atoms with Gasteiger partial charge in [-0.3, -0.25) is 9.78 Å². The van der Waals surface area contributed by atoms with Gasteiger partial charge in [-0.2, -0.15) is 5.26 Å². The molecular formula is C24H24N6O3. The number of rotatable bonds is 8. The van der Waals surface area contributed by atoms with Gasteiger partial charge in [-0.05, 0) is 54.4 Å². The van der Waals surface area contributed by atoms with E-state index < -0.39 is 5.91 Å². The molecule has 3 amide bonds. The van der Waals surface area contributed by atoms with Crippen LogP contribution >= 0.6 is 0 Å². The van der Waals surface area contributed by atoms with Crippen molar-refractivity contribution in [1.29, 1.82) is 5.26 Å². The Kier molecular flexibility index (Phi) is 7.94. The van der Waals surface area contributed by atoms with Crippen molar-refractivity contribution in [3.05, 3.63) is 83.7 Å². The molecule has 9 nitrogen and oxygen atoms in total. The Morgan fingerprint density at radius 3 is 2.45 bits per heavy atom. The number of nitrogen functional groups attached to an aromatic ring is 1. The largest absolute Gasteiger partial charge is 0.397 e. The van der Waals surface area contributed by atoms with E-state index in [9.17, 15) is 14.7 Å². The van der Waals surface area contributed by atoms with Crippen molar-refractivity contribution in [3.63, 3.8) is 0 Å². The van der Waals surface area contributed by atoms with Gasteiger partial charge in [0.2, 0.25) is 0 Å². The zero-order chi connectivity index (χ0) is 23.6. The van der Waals surface area contributed by atoms with Gasteiger partial charge in [0.05, 0.1) is 23.0 Å². The summed E-state index contributed by atoms with van der Waals surface area (Å²) in [4.78, 5) is 31.0. The molecule has 0 bridgehead atoms. The Morgan fingerprint density at radius 1 is 1.06 bits per heavy atom. The quantitative estimate of drug-likeness (QED) is 0.393. The highest BCUT2D eigenvalue weighted by molar-refractivity contribution is 6.04. The van der Waals surface area contributed by atoms with Crippen LogP contribution < -0.4 is 16.4 Å². The number of nitrogens with two attached hydrogens (primary N) is 1. The van der Waals surface area contributed by atoms with Crippen molar-refractivity contribution in [1.82, 2.24) is 9.88 Å². The number of hydrogen-bond donors (Lipinski definition) is 4. The number of aliphatic hydroxyl groups excluding tert-OH is 1. The Bertz CT molecular complexity index is 1140. The van der Waals surface area contributed by atoms with Crippen molar-refractivity contribution in [3.8, 4) is 6.07 Å². The summed E-state index contributed by atoms with van der Waals surface area (Å²) >= 11 is 0. The van der Waals surface area contributed by atoms with Crippen LogP contribution in [0.15, 0.2) is 66.9 Å². The van der Waals surface area contributed by atoms with Crippen molar-refractivity contribution < 1.29 is 14.7 Å². The normalized spacial score (nSPS) is 10.2. The van der Waals surface area contributed by atoms with Gasteiger partial charge >= 0.3 is 6.03 Å². The summed E-state index contributed by atoms with van der Waals surface area (Å²) in [6.45, 7) is 0.511. The standard InChI is InChI=1S/C24H24N6O3/c25-14-17-6-9-19(10-7-17)28-24(33)30(12-3-13-31)16-18-8-11-22(27-15-18)23(32)29-21-5-2-1-4-20(21)26/h1-2,4-11,15,31H,3,12-13,16,26H2,(H,28,33)(H,29,32). The Labute approximate surface area is 191 Å². The van der Waals surface area contributed by atoms with E-state index >= 15 is 0 Å². The fraction of sp³-hybridized carbons (Fsp3) is 0.167. The van der Waals surface area contributed by atoms with Crippen LogP contribution in [-0.4, -0.2) is 40.1 Å². The van der Waals surface area contributed by atoms with Gasteiger partial charge in [0.1, 0.15) is 5.69 Å². The molecule has 33 heavy (non-hydrogen) atoms. The molecule has 0 aliphatic carbocycles. The van der Waals surface area contributed by atoms with E-state index in [0.29, 0.717) is 35.6 Å². The number of pyridine rings is 1. The van der Waals surface area contributed by atoms with Crippen molar-refractivity contribution in [2.75, 3.05) is 29.5 Å². The van der Waals surface area contributed by atoms with Crippen LogP contribution in [0.3, 0.4) is 0 Å². The molecule has 1 aromatic heterocycles. The summed E-state index contributed by atoms with van der Waals surface area (Å²) in [5.74, 6) is -0.393. The molecule has 0 unspecified atom stereocenters. The monoisotopic (exact) mass is 444 g/mol. The molecule has 0 spiro atoms. The van der Waals surface area contributed by atoms with E-state index in [1.165, 1.54) is 11.1 Å². The lowest BCUT2D eigenvalue weighted by atomic mass is 10.2. The average Bonchev–Trinajstić information content (AvgIpc) is 2.84. The smallest absolute Gasteiger partial charge is 0.322 e. The van der Waals surface area contributed by atoms with Gasteiger partial charge in [0.25, 0.3) is 5.91 Å². The number of nitrogens with one attached hydrogen (secondary N) is 2. The van der Waals surface area contributed by atoms with Crippen LogP contribution in [0, 0.1) is 11.3 Å². The molecule has 0 atom stereocenters. The number of carbonyl (C=O) groups is 2. The first-order valence-electron chi connectivity index (χ1n) is 10.3. The second-order valence-corrected chi connectivity index (χ2v) is 7.21. The topological polar surface area (TPSA) is 144 Å². The number of aliphatic hydroxyl groups is 1. The van der Waals surface area contributed by atoms with E-state index in [0.717, 1.165) is 5.56 Å². The molecule has 2 aromatic carbocycles. The fourth-order valence-electron chi connectivity index (χ4n) is 3.01. The predicted octanol–water partition coefficient (Wildman–Crippen LogP) is 3.20. The average molecular weight is 444 g/mol. The molecular weight excluding hydrogens is 420 g/mol. The minimum Gasteiger partial charge on any atom is -0.397 e. The van der Waals surface area contributed by atoms with E-state index in [4.69, 9.17) is 11.0 Å². The summed E-state index contributed by atoms with van der Waals surface area (Å²) in [5, 5.41) is 23.6. The zero-order valence-corrected chi connectivity index (χ0v) is 17.9. The van der Waals surface area contributed by atoms with E-state index in [1.807, 2.05) is 6.07 Å². The summed E-state index contributed by atoms with van der Waals surface area (Å²) in [6, 6.07) is 18.4. The number of nitriles is 1. The summed E-state index contributed by atoms with van der Waals surface area (Å²) < 4.78 is 0. The number of nitrogens with zero attached hydrogens (tertiary/aromatic N) is 3. The number of hydrogen-bond acceptors (Lipinski definition) is 6. The Morgan fingerprint density at radius 2 is 1.82 bits per heavy atom. The molecule has 0 radical (unpaired) electrons. The molecule has 0 fully saturated rings. The predicted molar refractivity (Wildman–Crippen MR) is 125 cm³/mol. The van der Waals surface area contributed by atoms with Crippen LogP contribution in [0.2, 0.25) is 0 Å². The maximum absolute atomic E-state index is 12.8. The lowest BCUT2D eigenvalue weighted by molar-refractivity contribution is 0.102. The number of aromatic nitrogens is 1. The molecule has 0 saturated heterocycles. The minimum atomic E-state index is -0.393. The van der Waals surface area contributed by atoms with Gasteiger partial charge in [-0.15, -0.1) is 0 Å². The van der Waals surface area contributed by atoms with Crippen LogP contribution in [0.1, 0.15) is 28.0 Å². The number of para-hydroxylation sites is 2. The van der Waals surface area contributed by atoms with Crippen LogP contribution in [0.4, 0.5) is 21.9 Å². The second-order valence-electron chi connectivity index (χ2n) is 7.21. The number of amides is 3. The third kappa shape index (κ3) is 6.53. The first kappa shape index (κ1) is 23.2. The van der Waals surface area contributed by atoms with Crippen molar-refractivity contribution >= 4 is 29.0 Å². The molecule has 1 heterocycles. The van der Waals surface area contributed by atoms with Gasteiger partial charge < -0.3 is 26.4 Å². The van der Waals surface area contributed by atoms with Gasteiger partial charge in [-0.1, -0.05) is 18.2 Å². The van der Waals surface area contributed by atoms with Crippen LogP contribution in [0.5, 0.6) is 0 Å². The van der Waals surface area contributed by atoms with Gasteiger partial charge in [0.15, 0.2) is 0 Å². The van der Waals surface area contributed by atoms with E-state index in [2.05, 4.69) is 15.6 Å². The lowest BCUT2D eigenvalue weighted by Crippen LogP contribution is -2.35. The number of urea groups is 1. The summed E-state index contributed by atoms with van der Waals surface area (Å²) in [6.07, 6.45) is 1.94. The number of anilines is 3. The fourth-order valence-corrected chi connectivity index (χ4v) is 3.01. The summed E-state index contributed by atoms with van der Waals surface area (Å²) in [5.41, 5.74) is 8.79. The Balaban J connectivity index is 1.65. The second kappa shape index (κ2) is 11.3. The highest BCUT2D eigenvalue weighted by Gasteiger charge is 2.15. The maximum atomic E-state index is 12.8. The van der Waals surface area contributed by atoms with Crippen LogP contribution in [0.25, 0.3) is 0 Å². The number of carbonyl (C=O) groups excluding carboxylic acids is 2. The molecule has 3 rings (SSSR count). The Hall–Kier alpha value is -4.42. The minimum absolute atomic E-state index is 0.0549. The molecule has 0 saturated carbocycles. The SMILES string of the molecule is N#Cc1ccc(NC(=O)N(CCCO)Cc2ccc(C(=O)Nc3ccccc3N)nc2)cc1. The van der Waals surface area contributed by atoms with Crippen LogP contribution in [-0.2, 0) is 6.54 Å². The molecule has 0 aliphatic heterocycles. The van der Waals surface area contributed by atoms with Crippen molar-refractivity contribution in [2.45, 2.75) is 13.0 Å². The highest BCUT2D eigenvalue weighted by atomic mass is 16.3. The maximum Gasteiger partial charge on any atom is 0.322 e. The molecule has 168 valence electrons. The molecule has 3 aromatic rings. The van der Waals surface area contributed by atoms with Gasteiger partial charge in [0, 0.05) is 31.6 Å². The summed E-state index contributed by atoms with van der Waals surface area (Å²) in [7, 11) is 0. The zero-order valence-electron chi connectivity index (χ0n) is 17.9. The molecule has 5 N–H and O–H groups in total. The molecule has 0 aliphatic rings. The molecule has 9 heteroatoms. The number of benzene rings is 2. The first-order valence-corrected chi connectivity index (χ1v) is 10.3. The van der Waals surface area contributed by atoms with E-state index in [1.54, 1.807) is 60.7 Å². The third-order valence-electron chi connectivity index (χ3n) is 4.78. The van der Waals surface area contributed by atoms with Crippen molar-refractivity contribution in [2.24, 2.45) is 0 Å². The highest BCUT2D eigenvalue weighted by Crippen LogP contribution is 2.18. The van der Waals surface area contributed by atoms with E-state index in [-0.39, 0.29) is 24.9 Å².